The first-order valence-corrected chi connectivity index (χ1v) is 4.64. The van der Waals surface area contributed by atoms with Gasteiger partial charge in [-0.25, -0.2) is 0 Å². The van der Waals surface area contributed by atoms with Gasteiger partial charge in [-0.3, -0.25) is 5.09 Å². The average molecular weight is 165 g/mol. The maximum Gasteiger partial charge on any atom is 0.255 e. The highest BCUT2D eigenvalue weighted by molar-refractivity contribution is 7.44. The van der Waals surface area contributed by atoms with Crippen LogP contribution in [0.2, 0.25) is 0 Å². The summed E-state index contributed by atoms with van der Waals surface area (Å²) in [6, 6.07) is 0. The molecule has 0 fully saturated rings. The Balaban J connectivity index is 3.09. The van der Waals surface area contributed by atoms with E-state index in [0.717, 1.165) is 6.54 Å². The average Bonchev–Trinajstić information content (AvgIpc) is 1.99. The van der Waals surface area contributed by atoms with Gasteiger partial charge in [0.15, 0.2) is 0 Å². The Labute approximate surface area is 64.1 Å². The van der Waals surface area contributed by atoms with E-state index in [2.05, 4.69) is 12.0 Å². The minimum atomic E-state index is -0.818. The van der Waals surface area contributed by atoms with Gasteiger partial charge in [-0.05, 0) is 6.42 Å². The summed E-state index contributed by atoms with van der Waals surface area (Å²) in [4.78, 5) is 0. The summed E-state index contributed by atoms with van der Waals surface area (Å²) >= 11 is 0. The lowest BCUT2D eigenvalue weighted by Crippen LogP contribution is -2.10. The van der Waals surface area contributed by atoms with Crippen molar-refractivity contribution in [2.24, 2.45) is 0 Å². The van der Waals surface area contributed by atoms with Crippen LogP contribution >= 0.6 is 8.53 Å². The quantitative estimate of drug-likeness (QED) is 0.481. The van der Waals surface area contributed by atoms with Crippen molar-refractivity contribution in [3.05, 3.63) is 0 Å². The number of rotatable bonds is 6. The normalized spacial score (nSPS) is 10.8. The molecule has 0 rings (SSSR count). The zero-order valence-corrected chi connectivity index (χ0v) is 7.78. The van der Waals surface area contributed by atoms with Crippen LogP contribution in [0, 0.1) is 0 Å². The van der Waals surface area contributed by atoms with Gasteiger partial charge in [-0.1, -0.05) is 13.3 Å². The van der Waals surface area contributed by atoms with Crippen LogP contribution in [-0.4, -0.2) is 20.8 Å². The van der Waals surface area contributed by atoms with Gasteiger partial charge in [0.1, 0.15) is 0 Å². The molecule has 3 nitrogen and oxygen atoms in total. The molecule has 0 bridgehead atoms. The fourth-order valence-corrected chi connectivity index (χ4v) is 1.30. The lowest BCUT2D eigenvalue weighted by atomic mass is 10.3. The van der Waals surface area contributed by atoms with Crippen molar-refractivity contribution in [3.63, 3.8) is 0 Å². The van der Waals surface area contributed by atoms with Crippen LogP contribution in [0.25, 0.3) is 0 Å². The molecule has 62 valence electrons. The highest BCUT2D eigenvalue weighted by Crippen LogP contribution is 2.29. The molecule has 0 aliphatic carbocycles. The highest BCUT2D eigenvalue weighted by Gasteiger charge is 2.02. The predicted octanol–water partition coefficient (Wildman–Crippen LogP) is 1.90. The maximum atomic E-state index is 4.98. The number of unbranched alkanes of at least 4 members (excludes halogenated alkanes) is 1. The van der Waals surface area contributed by atoms with Crippen LogP contribution in [0.3, 0.4) is 0 Å². The van der Waals surface area contributed by atoms with E-state index in [-0.39, 0.29) is 0 Å². The first-order valence-electron chi connectivity index (χ1n) is 3.47. The Kier molecular flexibility index (Phi) is 7.65. The van der Waals surface area contributed by atoms with E-state index in [1.807, 2.05) is 0 Å². The molecule has 0 aliphatic heterocycles. The molecule has 0 unspecified atom stereocenters. The van der Waals surface area contributed by atoms with Gasteiger partial charge in [0, 0.05) is 20.8 Å². The van der Waals surface area contributed by atoms with E-state index in [1.165, 1.54) is 12.8 Å². The van der Waals surface area contributed by atoms with Crippen LogP contribution in [-0.2, 0) is 9.05 Å². The summed E-state index contributed by atoms with van der Waals surface area (Å²) in [6.45, 7) is 3.13. The minimum Gasteiger partial charge on any atom is -0.325 e. The van der Waals surface area contributed by atoms with Crippen molar-refractivity contribution in [2.75, 3.05) is 20.8 Å². The van der Waals surface area contributed by atoms with Crippen molar-refractivity contribution in [2.45, 2.75) is 19.8 Å². The summed E-state index contributed by atoms with van der Waals surface area (Å²) in [5.41, 5.74) is 0. The zero-order valence-electron chi connectivity index (χ0n) is 6.89. The molecule has 0 radical (unpaired) electrons. The third-order valence-corrected chi connectivity index (χ3v) is 2.25. The molecule has 0 aromatic rings. The van der Waals surface area contributed by atoms with E-state index < -0.39 is 8.53 Å². The van der Waals surface area contributed by atoms with Gasteiger partial charge in [-0.15, -0.1) is 0 Å². The Hall–Kier alpha value is 0.310. The summed E-state index contributed by atoms with van der Waals surface area (Å²) in [5, 5.41) is 3.14. The number of hydrogen-bond acceptors (Lipinski definition) is 3. The van der Waals surface area contributed by atoms with Gasteiger partial charge >= 0.3 is 0 Å². The molecule has 0 aromatic heterocycles. The monoisotopic (exact) mass is 165 g/mol. The second kappa shape index (κ2) is 7.42. The molecule has 0 heterocycles. The predicted molar refractivity (Wildman–Crippen MR) is 43.8 cm³/mol. The van der Waals surface area contributed by atoms with Gasteiger partial charge in [0.25, 0.3) is 8.53 Å². The molecule has 0 amide bonds. The van der Waals surface area contributed by atoms with E-state index >= 15 is 0 Å². The smallest absolute Gasteiger partial charge is 0.255 e. The zero-order chi connectivity index (χ0) is 7.82. The van der Waals surface area contributed by atoms with Crippen molar-refractivity contribution < 1.29 is 9.05 Å². The summed E-state index contributed by atoms with van der Waals surface area (Å²) < 4.78 is 9.96. The first kappa shape index (κ1) is 10.3. The molecule has 0 saturated carbocycles. The topological polar surface area (TPSA) is 30.5 Å². The van der Waals surface area contributed by atoms with Gasteiger partial charge in [0.05, 0.1) is 0 Å². The lowest BCUT2D eigenvalue weighted by Gasteiger charge is -2.11. The molecular weight excluding hydrogens is 149 g/mol. The van der Waals surface area contributed by atoms with Crippen molar-refractivity contribution in [3.8, 4) is 0 Å². The highest BCUT2D eigenvalue weighted by atomic mass is 31.2. The Morgan fingerprint density at radius 3 is 2.30 bits per heavy atom. The van der Waals surface area contributed by atoms with Crippen molar-refractivity contribution in [1.82, 2.24) is 5.09 Å². The standard InChI is InChI=1S/C6H16NO2P/c1-4-5-6-7-10(8-2)9-3/h7H,4-6H2,1-3H3. The van der Waals surface area contributed by atoms with E-state index in [9.17, 15) is 0 Å². The second-order valence-electron chi connectivity index (χ2n) is 1.88. The molecule has 0 spiro atoms. The van der Waals surface area contributed by atoms with Crippen LogP contribution in [0.5, 0.6) is 0 Å². The summed E-state index contributed by atoms with van der Waals surface area (Å²) in [6.07, 6.45) is 2.37. The maximum absolute atomic E-state index is 4.98. The van der Waals surface area contributed by atoms with Crippen LogP contribution in [0.1, 0.15) is 19.8 Å². The second-order valence-corrected chi connectivity index (χ2v) is 3.44. The van der Waals surface area contributed by atoms with Crippen molar-refractivity contribution >= 4 is 8.53 Å². The Morgan fingerprint density at radius 2 is 1.90 bits per heavy atom. The molecule has 0 atom stereocenters. The molecule has 0 aliphatic rings. The molecule has 4 heteroatoms. The number of hydrogen-bond donors (Lipinski definition) is 1. The molecule has 1 N–H and O–H groups in total. The Bertz CT molecular complexity index is 68.8. The van der Waals surface area contributed by atoms with Gasteiger partial charge in [0.2, 0.25) is 0 Å². The third kappa shape index (κ3) is 5.12. The van der Waals surface area contributed by atoms with Gasteiger partial charge < -0.3 is 9.05 Å². The molecule has 0 aromatic carbocycles. The SMILES string of the molecule is CCCCNP(OC)OC. The van der Waals surface area contributed by atoms with E-state index in [0.29, 0.717) is 0 Å². The molecule has 0 saturated heterocycles. The largest absolute Gasteiger partial charge is 0.325 e. The summed E-state index contributed by atoms with van der Waals surface area (Å²) in [7, 11) is 2.48. The van der Waals surface area contributed by atoms with E-state index in [4.69, 9.17) is 9.05 Å². The fraction of sp³-hybridized carbons (Fsp3) is 1.00. The number of nitrogens with one attached hydrogen (secondary N) is 1. The van der Waals surface area contributed by atoms with Crippen LogP contribution in [0.4, 0.5) is 0 Å². The first-order chi connectivity index (χ1) is 4.85. The minimum absolute atomic E-state index is 0.818. The van der Waals surface area contributed by atoms with Gasteiger partial charge in [-0.2, -0.15) is 0 Å². The summed E-state index contributed by atoms with van der Waals surface area (Å²) in [5.74, 6) is 0. The Morgan fingerprint density at radius 1 is 1.30 bits per heavy atom. The molecular formula is C6H16NO2P. The lowest BCUT2D eigenvalue weighted by molar-refractivity contribution is 0.329. The third-order valence-electron chi connectivity index (χ3n) is 1.10. The molecule has 10 heavy (non-hydrogen) atoms. The van der Waals surface area contributed by atoms with Crippen molar-refractivity contribution in [1.29, 1.82) is 0 Å². The van der Waals surface area contributed by atoms with Crippen LogP contribution < -0.4 is 5.09 Å². The van der Waals surface area contributed by atoms with E-state index in [1.54, 1.807) is 14.2 Å². The fourth-order valence-electron chi connectivity index (χ4n) is 0.551. The van der Waals surface area contributed by atoms with Crippen LogP contribution in [0.15, 0.2) is 0 Å².